The van der Waals surface area contributed by atoms with Crippen LogP contribution < -0.4 is 0 Å². The van der Waals surface area contributed by atoms with Crippen LogP contribution in [0.25, 0.3) is 5.57 Å². The van der Waals surface area contributed by atoms with Crippen molar-refractivity contribution >= 4 is 5.57 Å². The highest BCUT2D eigenvalue weighted by Crippen LogP contribution is 2.30. The number of allylic oxidation sites excluding steroid dienone is 8. The maximum absolute atomic E-state index is 2.36. The first-order chi connectivity index (χ1) is 10.2. The highest BCUT2D eigenvalue weighted by molar-refractivity contribution is 5.71. The number of hydrogen-bond acceptors (Lipinski definition) is 0. The summed E-state index contributed by atoms with van der Waals surface area (Å²) in [5, 5.41) is 0. The van der Waals surface area contributed by atoms with Gasteiger partial charge in [0, 0.05) is 0 Å². The van der Waals surface area contributed by atoms with Gasteiger partial charge >= 0.3 is 0 Å². The summed E-state index contributed by atoms with van der Waals surface area (Å²) in [6.07, 6.45) is 16.0. The lowest BCUT2D eigenvalue weighted by Gasteiger charge is -2.08. The Kier molecular flexibility index (Phi) is 5.80. The second-order valence-corrected chi connectivity index (χ2v) is 5.84. The predicted octanol–water partition coefficient (Wildman–Crippen LogP) is 6.27. The van der Waals surface area contributed by atoms with Gasteiger partial charge in [0.15, 0.2) is 0 Å². The van der Waals surface area contributed by atoms with Gasteiger partial charge in [-0.25, -0.2) is 0 Å². The fourth-order valence-corrected chi connectivity index (χ4v) is 2.74. The van der Waals surface area contributed by atoms with Gasteiger partial charge in [-0.05, 0) is 63.2 Å². The monoisotopic (exact) mass is 278 g/mol. The molecule has 0 saturated heterocycles. The van der Waals surface area contributed by atoms with Crippen LogP contribution >= 0.6 is 0 Å². The smallest absolute Gasteiger partial charge is 0.0192 e. The third-order valence-electron chi connectivity index (χ3n) is 4.08. The van der Waals surface area contributed by atoms with Crippen molar-refractivity contribution in [2.45, 2.75) is 46.5 Å². The zero-order chi connectivity index (χ0) is 15.1. The molecule has 0 atom stereocenters. The van der Waals surface area contributed by atoms with Crippen LogP contribution in [0.3, 0.4) is 0 Å². The molecule has 2 rings (SSSR count). The molecule has 0 aliphatic heterocycles. The van der Waals surface area contributed by atoms with E-state index in [0.29, 0.717) is 0 Å². The van der Waals surface area contributed by atoms with E-state index in [1.807, 2.05) is 0 Å². The van der Waals surface area contributed by atoms with Gasteiger partial charge in [0.25, 0.3) is 0 Å². The molecule has 0 heteroatoms. The Labute approximate surface area is 129 Å². The van der Waals surface area contributed by atoms with Gasteiger partial charge in [0.2, 0.25) is 0 Å². The van der Waals surface area contributed by atoms with Crippen molar-refractivity contribution in [1.82, 2.24) is 0 Å². The van der Waals surface area contributed by atoms with Gasteiger partial charge in [-0.15, -0.1) is 0 Å². The normalized spacial score (nSPS) is 18.9. The lowest BCUT2D eigenvalue weighted by atomic mass is 9.97. The van der Waals surface area contributed by atoms with E-state index in [0.717, 1.165) is 0 Å². The van der Waals surface area contributed by atoms with Crippen LogP contribution in [0.4, 0.5) is 0 Å². The van der Waals surface area contributed by atoms with Crippen molar-refractivity contribution in [3.8, 4) is 0 Å². The number of aryl methyl sites for hydroxylation is 1. The van der Waals surface area contributed by atoms with Crippen LogP contribution in [0.15, 0.2) is 65.8 Å². The number of hydrogen-bond donors (Lipinski definition) is 0. The van der Waals surface area contributed by atoms with E-state index in [1.54, 1.807) is 0 Å². The molecule has 1 aliphatic carbocycles. The third kappa shape index (κ3) is 4.60. The summed E-state index contributed by atoms with van der Waals surface area (Å²) in [6, 6.07) is 8.88. The second kappa shape index (κ2) is 7.83. The average Bonchev–Trinajstić information content (AvgIpc) is 2.70. The second-order valence-electron chi connectivity index (χ2n) is 5.84. The van der Waals surface area contributed by atoms with Crippen LogP contribution in [0.2, 0.25) is 0 Å². The van der Waals surface area contributed by atoms with E-state index in [1.165, 1.54) is 53.5 Å². The summed E-state index contributed by atoms with van der Waals surface area (Å²) in [7, 11) is 0. The molecule has 0 heterocycles. The van der Waals surface area contributed by atoms with Crippen LogP contribution in [-0.2, 0) is 6.42 Å². The topological polar surface area (TPSA) is 0 Å². The first-order valence-electron chi connectivity index (χ1n) is 7.97. The van der Waals surface area contributed by atoms with Gasteiger partial charge in [-0.1, -0.05) is 65.8 Å². The predicted molar refractivity (Wildman–Crippen MR) is 94.3 cm³/mol. The molecule has 21 heavy (non-hydrogen) atoms. The minimum absolute atomic E-state index is 1.19. The lowest BCUT2D eigenvalue weighted by Crippen LogP contribution is -1.89. The van der Waals surface area contributed by atoms with E-state index >= 15 is 0 Å². The molecule has 0 spiro atoms. The van der Waals surface area contributed by atoms with E-state index in [4.69, 9.17) is 0 Å². The molecule has 1 aromatic rings. The molecule has 0 nitrogen and oxygen atoms in total. The zero-order valence-electron chi connectivity index (χ0n) is 13.5. The van der Waals surface area contributed by atoms with Crippen molar-refractivity contribution in [2.75, 3.05) is 0 Å². The van der Waals surface area contributed by atoms with E-state index < -0.39 is 0 Å². The van der Waals surface area contributed by atoms with Crippen molar-refractivity contribution in [2.24, 2.45) is 0 Å². The molecule has 0 saturated carbocycles. The van der Waals surface area contributed by atoms with E-state index in [9.17, 15) is 0 Å². The first-order valence-corrected chi connectivity index (χ1v) is 7.97. The van der Waals surface area contributed by atoms with Gasteiger partial charge < -0.3 is 0 Å². The van der Waals surface area contributed by atoms with Crippen molar-refractivity contribution in [3.05, 3.63) is 76.9 Å². The SMILES string of the molecule is C/C=C(C)/C=C\C=C(C)/C=C1\CCCCc2ccccc21. The van der Waals surface area contributed by atoms with Crippen molar-refractivity contribution in [3.63, 3.8) is 0 Å². The Balaban J connectivity index is 2.24. The van der Waals surface area contributed by atoms with Crippen molar-refractivity contribution in [1.29, 1.82) is 0 Å². The van der Waals surface area contributed by atoms with Gasteiger partial charge in [-0.3, -0.25) is 0 Å². The van der Waals surface area contributed by atoms with Gasteiger partial charge in [-0.2, -0.15) is 0 Å². The quantitative estimate of drug-likeness (QED) is 0.452. The fourth-order valence-electron chi connectivity index (χ4n) is 2.74. The maximum atomic E-state index is 2.36. The first kappa shape index (κ1) is 15.6. The molecule has 0 fully saturated rings. The Hall–Kier alpha value is -1.82. The molecule has 0 amide bonds. The summed E-state index contributed by atoms with van der Waals surface area (Å²) in [5.74, 6) is 0. The number of rotatable bonds is 3. The number of fused-ring (bicyclic) bond motifs is 1. The molecular formula is C21H26. The summed E-state index contributed by atoms with van der Waals surface area (Å²) in [4.78, 5) is 0. The zero-order valence-corrected chi connectivity index (χ0v) is 13.5. The third-order valence-corrected chi connectivity index (χ3v) is 4.08. The summed E-state index contributed by atoms with van der Waals surface area (Å²) >= 11 is 0. The van der Waals surface area contributed by atoms with Crippen LogP contribution in [0, 0.1) is 0 Å². The minimum atomic E-state index is 1.19. The molecule has 0 radical (unpaired) electrons. The maximum Gasteiger partial charge on any atom is -0.0192 e. The molecule has 0 bridgehead atoms. The average molecular weight is 278 g/mol. The summed E-state index contributed by atoms with van der Waals surface area (Å²) in [5.41, 5.74) is 7.08. The molecule has 0 N–H and O–H groups in total. The Bertz CT molecular complexity index is 594. The Morgan fingerprint density at radius 1 is 1.00 bits per heavy atom. The van der Waals surface area contributed by atoms with Gasteiger partial charge in [0.1, 0.15) is 0 Å². The standard InChI is InChI=1S/C21H26/c1-4-17(2)10-9-11-18(3)16-20-14-6-5-12-19-13-7-8-15-21(19)20/h4,7-11,13,15-16H,5-6,12,14H2,1-3H3/b10-9-,17-4+,18-11-,20-16+. The van der Waals surface area contributed by atoms with Gasteiger partial charge in [0.05, 0.1) is 0 Å². The highest BCUT2D eigenvalue weighted by atomic mass is 14.2. The van der Waals surface area contributed by atoms with Crippen LogP contribution in [0.5, 0.6) is 0 Å². The number of benzene rings is 1. The molecule has 0 aromatic heterocycles. The minimum Gasteiger partial charge on any atom is -0.0847 e. The molecule has 1 aliphatic rings. The Morgan fingerprint density at radius 3 is 2.57 bits per heavy atom. The fraction of sp³-hybridized carbons (Fsp3) is 0.333. The largest absolute Gasteiger partial charge is 0.0847 e. The highest BCUT2D eigenvalue weighted by Gasteiger charge is 2.11. The lowest BCUT2D eigenvalue weighted by molar-refractivity contribution is 0.771. The molecule has 110 valence electrons. The molecule has 0 unspecified atom stereocenters. The van der Waals surface area contributed by atoms with E-state index in [-0.39, 0.29) is 0 Å². The summed E-state index contributed by atoms with van der Waals surface area (Å²) in [6.45, 7) is 6.39. The Morgan fingerprint density at radius 2 is 1.76 bits per heavy atom. The molecule has 1 aromatic carbocycles. The van der Waals surface area contributed by atoms with Crippen LogP contribution in [0.1, 0.15) is 51.2 Å². The van der Waals surface area contributed by atoms with E-state index in [2.05, 4.69) is 75.4 Å². The molecular weight excluding hydrogens is 252 g/mol. The van der Waals surface area contributed by atoms with Crippen LogP contribution in [-0.4, -0.2) is 0 Å². The summed E-state index contributed by atoms with van der Waals surface area (Å²) < 4.78 is 0. The van der Waals surface area contributed by atoms with Crippen molar-refractivity contribution < 1.29 is 0 Å².